The highest BCUT2D eigenvalue weighted by atomic mass is 32.2. The SMILES string of the molecule is CC(CO)C(c1ccc(S(=O)(=O)C(C)C)cc1)N(C)C. The number of rotatable bonds is 6. The lowest BCUT2D eigenvalue weighted by Crippen LogP contribution is -2.28. The molecule has 0 aliphatic carbocycles. The van der Waals surface area contributed by atoms with Crippen LogP contribution >= 0.6 is 0 Å². The van der Waals surface area contributed by atoms with E-state index in [1.54, 1.807) is 26.0 Å². The Kier molecular flexibility index (Phi) is 5.74. The van der Waals surface area contributed by atoms with Crippen molar-refractivity contribution >= 4 is 9.84 Å². The maximum atomic E-state index is 12.1. The van der Waals surface area contributed by atoms with Gasteiger partial charge in [0.05, 0.1) is 10.1 Å². The van der Waals surface area contributed by atoms with Crippen molar-refractivity contribution < 1.29 is 13.5 Å². The van der Waals surface area contributed by atoms with Gasteiger partial charge in [0.2, 0.25) is 0 Å². The van der Waals surface area contributed by atoms with E-state index in [2.05, 4.69) is 0 Å². The largest absolute Gasteiger partial charge is 0.396 e. The number of sulfone groups is 1. The quantitative estimate of drug-likeness (QED) is 0.874. The van der Waals surface area contributed by atoms with Crippen LogP contribution in [-0.4, -0.2) is 44.4 Å². The van der Waals surface area contributed by atoms with E-state index in [4.69, 9.17) is 0 Å². The molecule has 0 aromatic heterocycles. The molecule has 0 fully saturated rings. The molecule has 0 bridgehead atoms. The van der Waals surface area contributed by atoms with Crippen LogP contribution in [0.1, 0.15) is 32.4 Å². The lowest BCUT2D eigenvalue weighted by molar-refractivity contribution is 0.145. The second-order valence-electron chi connectivity index (χ2n) is 5.73. The minimum absolute atomic E-state index is 0.0656. The molecule has 0 aliphatic heterocycles. The van der Waals surface area contributed by atoms with Gasteiger partial charge in [-0.15, -0.1) is 0 Å². The van der Waals surface area contributed by atoms with Crippen LogP contribution in [0, 0.1) is 5.92 Å². The molecule has 2 atom stereocenters. The zero-order valence-corrected chi connectivity index (χ0v) is 13.7. The van der Waals surface area contributed by atoms with Gasteiger partial charge in [-0.3, -0.25) is 0 Å². The molecule has 4 nitrogen and oxygen atoms in total. The van der Waals surface area contributed by atoms with E-state index in [0.717, 1.165) is 5.56 Å². The van der Waals surface area contributed by atoms with Crippen LogP contribution in [-0.2, 0) is 9.84 Å². The van der Waals surface area contributed by atoms with Crippen LogP contribution in [0.3, 0.4) is 0 Å². The number of hydrogen-bond acceptors (Lipinski definition) is 4. The van der Waals surface area contributed by atoms with Gasteiger partial charge < -0.3 is 10.0 Å². The lowest BCUT2D eigenvalue weighted by Gasteiger charge is -2.29. The fraction of sp³-hybridized carbons (Fsp3) is 0.600. The van der Waals surface area contributed by atoms with Crippen LogP contribution in [0.15, 0.2) is 29.2 Å². The van der Waals surface area contributed by atoms with Crippen molar-refractivity contribution in [2.45, 2.75) is 37.0 Å². The zero-order valence-electron chi connectivity index (χ0n) is 12.9. The summed E-state index contributed by atoms with van der Waals surface area (Å²) >= 11 is 0. The van der Waals surface area contributed by atoms with Gasteiger partial charge in [-0.25, -0.2) is 8.42 Å². The van der Waals surface area contributed by atoms with Crippen LogP contribution in [0.5, 0.6) is 0 Å². The van der Waals surface area contributed by atoms with Crippen molar-refractivity contribution in [2.75, 3.05) is 20.7 Å². The normalized spacial score (nSPS) is 15.6. The number of benzene rings is 1. The first-order chi connectivity index (χ1) is 9.21. The van der Waals surface area contributed by atoms with Gasteiger partial charge in [-0.2, -0.15) is 0 Å². The third kappa shape index (κ3) is 3.59. The molecule has 1 N–H and O–H groups in total. The van der Waals surface area contributed by atoms with Gasteiger partial charge >= 0.3 is 0 Å². The molecule has 114 valence electrons. The molecule has 0 heterocycles. The van der Waals surface area contributed by atoms with E-state index in [-0.39, 0.29) is 18.6 Å². The Morgan fingerprint density at radius 3 is 1.95 bits per heavy atom. The number of aliphatic hydroxyl groups is 1. The number of aliphatic hydroxyl groups excluding tert-OH is 1. The van der Waals surface area contributed by atoms with Gasteiger partial charge in [0.1, 0.15) is 0 Å². The molecular formula is C15H25NO3S. The van der Waals surface area contributed by atoms with E-state index in [9.17, 15) is 13.5 Å². The molecule has 0 aliphatic rings. The van der Waals surface area contributed by atoms with E-state index in [1.165, 1.54) is 0 Å². The summed E-state index contributed by atoms with van der Waals surface area (Å²) < 4.78 is 24.2. The zero-order chi connectivity index (χ0) is 15.5. The highest BCUT2D eigenvalue weighted by Crippen LogP contribution is 2.28. The first-order valence-electron chi connectivity index (χ1n) is 6.83. The summed E-state index contributed by atoms with van der Waals surface area (Å²) in [6.07, 6.45) is 0. The fourth-order valence-electron chi connectivity index (χ4n) is 2.36. The van der Waals surface area contributed by atoms with E-state index in [0.29, 0.717) is 4.90 Å². The highest BCUT2D eigenvalue weighted by Gasteiger charge is 2.23. The Morgan fingerprint density at radius 2 is 1.60 bits per heavy atom. The molecule has 0 spiro atoms. The molecule has 1 rings (SSSR count). The predicted octanol–water partition coefficient (Wildman–Crippen LogP) is 2.10. The third-order valence-electron chi connectivity index (χ3n) is 3.55. The average Bonchev–Trinajstić information content (AvgIpc) is 2.38. The molecule has 1 aromatic carbocycles. The second-order valence-corrected chi connectivity index (χ2v) is 8.24. The standard InChI is InChI=1S/C15H25NO3S/c1-11(2)20(18,19)14-8-6-13(7-9-14)15(16(4)5)12(3)10-17/h6-9,11-12,15,17H,10H2,1-5H3. The van der Waals surface area contributed by atoms with Crippen molar-refractivity contribution in [1.82, 2.24) is 4.90 Å². The first kappa shape index (κ1) is 17.1. The maximum absolute atomic E-state index is 12.1. The smallest absolute Gasteiger partial charge is 0.180 e. The molecule has 5 heteroatoms. The van der Waals surface area contributed by atoms with Crippen LogP contribution < -0.4 is 0 Å². The van der Waals surface area contributed by atoms with Crippen LogP contribution in [0.2, 0.25) is 0 Å². The number of hydrogen-bond donors (Lipinski definition) is 1. The molecule has 0 saturated carbocycles. The van der Waals surface area contributed by atoms with Crippen molar-refractivity contribution in [3.05, 3.63) is 29.8 Å². The molecule has 0 saturated heterocycles. The maximum Gasteiger partial charge on any atom is 0.180 e. The fourth-order valence-corrected chi connectivity index (χ4v) is 3.42. The average molecular weight is 299 g/mol. The second kappa shape index (κ2) is 6.70. The molecule has 1 aromatic rings. The Bertz CT molecular complexity index is 521. The van der Waals surface area contributed by atoms with E-state index in [1.807, 2.05) is 38.1 Å². The summed E-state index contributed by atoms with van der Waals surface area (Å²) in [5.74, 6) is 0.0811. The molecule has 0 amide bonds. The topological polar surface area (TPSA) is 57.6 Å². The van der Waals surface area contributed by atoms with E-state index >= 15 is 0 Å². The van der Waals surface area contributed by atoms with Gasteiger partial charge in [-0.1, -0.05) is 19.1 Å². The Hall–Kier alpha value is -0.910. The van der Waals surface area contributed by atoms with E-state index < -0.39 is 15.1 Å². The van der Waals surface area contributed by atoms with Crippen molar-refractivity contribution in [2.24, 2.45) is 5.92 Å². The predicted molar refractivity (Wildman–Crippen MR) is 81.4 cm³/mol. The Labute approximate surface area is 122 Å². The van der Waals surface area contributed by atoms with Crippen molar-refractivity contribution in [3.63, 3.8) is 0 Å². The summed E-state index contributed by atoms with van der Waals surface area (Å²) in [5.41, 5.74) is 1.01. The van der Waals surface area contributed by atoms with Crippen molar-refractivity contribution in [3.8, 4) is 0 Å². The van der Waals surface area contributed by atoms with Crippen LogP contribution in [0.4, 0.5) is 0 Å². The summed E-state index contributed by atoms with van der Waals surface area (Å²) in [6.45, 7) is 5.43. The van der Waals surface area contributed by atoms with Gasteiger partial charge in [-0.05, 0) is 51.6 Å². The monoisotopic (exact) mass is 299 g/mol. The summed E-state index contributed by atoms with van der Waals surface area (Å²) in [7, 11) is 0.680. The summed E-state index contributed by atoms with van der Waals surface area (Å²) in [5, 5.41) is 8.93. The van der Waals surface area contributed by atoms with Crippen LogP contribution in [0.25, 0.3) is 0 Å². The Morgan fingerprint density at radius 1 is 1.10 bits per heavy atom. The molecule has 20 heavy (non-hydrogen) atoms. The molecular weight excluding hydrogens is 274 g/mol. The van der Waals surface area contributed by atoms with Gasteiger partial charge in [0.15, 0.2) is 9.84 Å². The minimum Gasteiger partial charge on any atom is -0.396 e. The minimum atomic E-state index is -3.23. The third-order valence-corrected chi connectivity index (χ3v) is 5.72. The lowest BCUT2D eigenvalue weighted by atomic mass is 9.94. The molecule has 2 unspecified atom stereocenters. The molecule has 0 radical (unpaired) electrons. The number of nitrogens with zero attached hydrogens (tertiary/aromatic N) is 1. The van der Waals surface area contributed by atoms with Gasteiger partial charge in [0, 0.05) is 12.6 Å². The Balaban J connectivity index is 3.13. The first-order valence-corrected chi connectivity index (χ1v) is 8.37. The highest BCUT2D eigenvalue weighted by molar-refractivity contribution is 7.92. The summed E-state index contributed by atoms with van der Waals surface area (Å²) in [4.78, 5) is 2.39. The summed E-state index contributed by atoms with van der Waals surface area (Å²) in [6, 6.07) is 7.06. The van der Waals surface area contributed by atoms with Crippen molar-refractivity contribution in [1.29, 1.82) is 0 Å². The van der Waals surface area contributed by atoms with Gasteiger partial charge in [0.25, 0.3) is 0 Å².